The van der Waals surface area contributed by atoms with Gasteiger partial charge in [-0.1, -0.05) is 17.4 Å². The van der Waals surface area contributed by atoms with Crippen LogP contribution in [0.4, 0.5) is 5.13 Å². The summed E-state index contributed by atoms with van der Waals surface area (Å²) in [5, 5.41) is 3.61. The molecule has 1 amide bonds. The minimum absolute atomic E-state index is 0.0469. The molecular weight excluding hydrogens is 364 g/mol. The number of nitrogens with one attached hydrogen (secondary N) is 1. The molecule has 2 heterocycles. The minimum Gasteiger partial charge on any atom is -0.497 e. The molecule has 4 rings (SSSR count). The molecule has 2 aromatic heterocycles. The lowest BCUT2D eigenvalue weighted by molar-refractivity contribution is 0.0997. The first-order valence-corrected chi connectivity index (χ1v) is 9.07. The molecule has 1 N–H and O–H groups in total. The lowest BCUT2D eigenvalue weighted by atomic mass is 10.1. The number of methoxy groups -OCH3 is 1. The van der Waals surface area contributed by atoms with Crippen molar-refractivity contribution in [2.24, 2.45) is 0 Å². The number of fused-ring (bicyclic) bond motifs is 2. The highest BCUT2D eigenvalue weighted by atomic mass is 32.1. The Balaban J connectivity index is 1.69. The van der Waals surface area contributed by atoms with Gasteiger partial charge in [-0.2, -0.15) is 0 Å². The Morgan fingerprint density at radius 3 is 2.78 bits per heavy atom. The maximum atomic E-state index is 12.6. The lowest BCUT2D eigenvalue weighted by Crippen LogP contribution is -2.15. The quantitative estimate of drug-likeness (QED) is 0.574. The van der Waals surface area contributed by atoms with E-state index in [0.717, 1.165) is 27.1 Å². The first kappa shape index (κ1) is 17.2. The summed E-state index contributed by atoms with van der Waals surface area (Å²) in [5.74, 6) is 0.156. The van der Waals surface area contributed by atoms with E-state index in [1.165, 1.54) is 17.4 Å². The predicted octanol–water partition coefficient (Wildman–Crippen LogP) is 4.28. The van der Waals surface area contributed by atoms with Crippen molar-refractivity contribution in [2.45, 2.75) is 13.8 Å². The van der Waals surface area contributed by atoms with Crippen LogP contribution in [0.5, 0.6) is 5.75 Å². The fourth-order valence-corrected chi connectivity index (χ4v) is 3.91. The standard InChI is InChI=1S/C20H16N2O4S/c1-10-6-11(2)18-14(23)9-16(26-15(18)7-10)19(24)22-20-21-13-5-4-12(25-3)8-17(13)27-20/h4-9H,1-3H3,(H,21,22,24). The van der Waals surface area contributed by atoms with Gasteiger partial charge in [-0.15, -0.1) is 0 Å². The van der Waals surface area contributed by atoms with E-state index in [2.05, 4.69) is 10.3 Å². The Morgan fingerprint density at radius 2 is 2.00 bits per heavy atom. The van der Waals surface area contributed by atoms with Gasteiger partial charge in [0, 0.05) is 6.07 Å². The molecule has 0 aliphatic heterocycles. The van der Waals surface area contributed by atoms with E-state index in [4.69, 9.17) is 9.15 Å². The first-order valence-electron chi connectivity index (χ1n) is 8.25. The van der Waals surface area contributed by atoms with Crippen LogP contribution in [0, 0.1) is 13.8 Å². The fourth-order valence-electron chi connectivity index (χ4n) is 3.02. The van der Waals surface area contributed by atoms with Crippen molar-refractivity contribution in [1.29, 1.82) is 0 Å². The summed E-state index contributed by atoms with van der Waals surface area (Å²) >= 11 is 1.32. The summed E-state index contributed by atoms with van der Waals surface area (Å²) in [7, 11) is 1.59. The number of carbonyl (C=O) groups is 1. The fraction of sp³-hybridized carbons (Fsp3) is 0.150. The molecule has 4 aromatic rings. The van der Waals surface area contributed by atoms with Crippen LogP contribution in [0.1, 0.15) is 21.7 Å². The monoisotopic (exact) mass is 380 g/mol. The van der Waals surface area contributed by atoms with Crippen LogP contribution in [-0.2, 0) is 0 Å². The number of amides is 1. The first-order chi connectivity index (χ1) is 12.9. The molecule has 0 unspecified atom stereocenters. The van der Waals surface area contributed by atoms with E-state index < -0.39 is 5.91 Å². The van der Waals surface area contributed by atoms with Gasteiger partial charge in [0.1, 0.15) is 11.3 Å². The van der Waals surface area contributed by atoms with Gasteiger partial charge in [0.2, 0.25) is 0 Å². The van der Waals surface area contributed by atoms with Crippen molar-refractivity contribution in [1.82, 2.24) is 4.98 Å². The molecule has 0 fully saturated rings. The van der Waals surface area contributed by atoms with E-state index in [1.807, 2.05) is 32.0 Å². The third-order valence-electron chi connectivity index (χ3n) is 4.21. The maximum absolute atomic E-state index is 12.6. The Kier molecular flexibility index (Phi) is 4.16. The highest BCUT2D eigenvalue weighted by Crippen LogP contribution is 2.29. The summed E-state index contributed by atoms with van der Waals surface area (Å²) < 4.78 is 11.8. The third kappa shape index (κ3) is 3.17. The van der Waals surface area contributed by atoms with Crippen molar-refractivity contribution in [3.05, 3.63) is 63.5 Å². The lowest BCUT2D eigenvalue weighted by Gasteiger charge is -2.05. The highest BCUT2D eigenvalue weighted by molar-refractivity contribution is 7.22. The van der Waals surface area contributed by atoms with Gasteiger partial charge in [0.25, 0.3) is 5.91 Å². The number of hydrogen-bond acceptors (Lipinski definition) is 6. The molecule has 0 atom stereocenters. The zero-order valence-electron chi connectivity index (χ0n) is 15.0. The van der Waals surface area contributed by atoms with Gasteiger partial charge in [-0.3, -0.25) is 14.9 Å². The van der Waals surface area contributed by atoms with Gasteiger partial charge in [-0.25, -0.2) is 4.98 Å². The van der Waals surface area contributed by atoms with Crippen LogP contribution in [-0.4, -0.2) is 18.0 Å². The number of benzene rings is 2. The van der Waals surface area contributed by atoms with Crippen molar-refractivity contribution in [3.63, 3.8) is 0 Å². The molecule has 27 heavy (non-hydrogen) atoms. The van der Waals surface area contributed by atoms with Crippen LogP contribution >= 0.6 is 11.3 Å². The summed E-state index contributed by atoms with van der Waals surface area (Å²) in [6, 6.07) is 10.4. The number of thiazole rings is 1. The predicted molar refractivity (Wildman–Crippen MR) is 106 cm³/mol. The number of aromatic nitrogens is 1. The van der Waals surface area contributed by atoms with Crippen LogP contribution in [0.3, 0.4) is 0 Å². The van der Waals surface area contributed by atoms with Gasteiger partial charge >= 0.3 is 0 Å². The minimum atomic E-state index is -0.515. The van der Waals surface area contributed by atoms with Gasteiger partial charge in [-0.05, 0) is 49.2 Å². The average Bonchev–Trinajstić information content (AvgIpc) is 3.01. The van der Waals surface area contributed by atoms with Crippen LogP contribution < -0.4 is 15.5 Å². The van der Waals surface area contributed by atoms with Crippen molar-refractivity contribution in [3.8, 4) is 5.75 Å². The second-order valence-electron chi connectivity index (χ2n) is 6.24. The number of ether oxygens (including phenoxy) is 1. The summed E-state index contributed by atoms with van der Waals surface area (Å²) in [6.45, 7) is 3.76. The SMILES string of the molecule is COc1ccc2nc(NC(=O)c3cc(=O)c4c(C)cc(C)cc4o3)sc2c1. The van der Waals surface area contributed by atoms with E-state index in [9.17, 15) is 9.59 Å². The van der Waals surface area contributed by atoms with Crippen LogP contribution in [0.15, 0.2) is 45.6 Å². The second-order valence-corrected chi connectivity index (χ2v) is 7.27. The number of nitrogens with zero attached hydrogens (tertiary/aromatic N) is 1. The average molecular weight is 380 g/mol. The van der Waals surface area contributed by atoms with Crippen molar-refractivity contribution in [2.75, 3.05) is 12.4 Å². The van der Waals surface area contributed by atoms with Crippen molar-refractivity contribution < 1.29 is 13.9 Å². The summed E-state index contributed by atoms with van der Waals surface area (Å²) in [4.78, 5) is 29.4. The number of aryl methyl sites for hydroxylation is 2. The molecule has 0 saturated heterocycles. The van der Waals surface area contributed by atoms with E-state index in [-0.39, 0.29) is 11.2 Å². The molecule has 2 aromatic carbocycles. The largest absolute Gasteiger partial charge is 0.497 e. The van der Waals surface area contributed by atoms with Crippen LogP contribution in [0.2, 0.25) is 0 Å². The van der Waals surface area contributed by atoms with E-state index in [1.54, 1.807) is 19.2 Å². The van der Waals surface area contributed by atoms with Crippen LogP contribution in [0.25, 0.3) is 21.2 Å². The second kappa shape index (κ2) is 6.51. The molecule has 7 heteroatoms. The van der Waals surface area contributed by atoms with Gasteiger partial charge in [0.05, 0.1) is 22.7 Å². The molecule has 0 aliphatic carbocycles. The Bertz CT molecular complexity index is 1260. The topological polar surface area (TPSA) is 81.4 Å². The summed E-state index contributed by atoms with van der Waals surface area (Å²) in [5.41, 5.74) is 2.70. The zero-order valence-corrected chi connectivity index (χ0v) is 15.8. The van der Waals surface area contributed by atoms with Crippen molar-refractivity contribution >= 4 is 43.6 Å². The zero-order chi connectivity index (χ0) is 19.1. The molecule has 0 spiro atoms. The number of hydrogen-bond donors (Lipinski definition) is 1. The Hall–Kier alpha value is -3.19. The molecule has 6 nitrogen and oxygen atoms in total. The molecule has 0 bridgehead atoms. The highest BCUT2D eigenvalue weighted by Gasteiger charge is 2.16. The van der Waals surface area contributed by atoms with Gasteiger partial charge in [0.15, 0.2) is 16.3 Å². The summed E-state index contributed by atoms with van der Waals surface area (Å²) in [6.07, 6.45) is 0. The van der Waals surface area contributed by atoms with E-state index in [0.29, 0.717) is 16.1 Å². The smallest absolute Gasteiger partial charge is 0.293 e. The Labute approximate surface area is 158 Å². The molecule has 136 valence electrons. The number of anilines is 1. The van der Waals surface area contributed by atoms with Gasteiger partial charge < -0.3 is 9.15 Å². The number of rotatable bonds is 3. The normalized spacial score (nSPS) is 11.1. The molecule has 0 radical (unpaired) electrons. The maximum Gasteiger partial charge on any atom is 0.293 e. The molecular formula is C20H16N2O4S. The third-order valence-corrected chi connectivity index (χ3v) is 5.15. The molecule has 0 aliphatic rings. The molecule has 0 saturated carbocycles. The number of carbonyl (C=O) groups excluding carboxylic acids is 1. The van der Waals surface area contributed by atoms with E-state index >= 15 is 0 Å². The Morgan fingerprint density at radius 1 is 1.19 bits per heavy atom.